The van der Waals surface area contributed by atoms with Gasteiger partial charge in [-0.05, 0) is 18.1 Å². The highest BCUT2D eigenvalue weighted by Gasteiger charge is 2.28. The van der Waals surface area contributed by atoms with Gasteiger partial charge >= 0.3 is 5.97 Å². The molecule has 2 aromatic carbocycles. The summed E-state index contributed by atoms with van der Waals surface area (Å²) in [5, 5.41) is 13.6. The maximum absolute atomic E-state index is 12.1. The topological polar surface area (TPSA) is 58.6 Å². The number of hydrogen-bond acceptors (Lipinski definition) is 4. The molecule has 22 heavy (non-hydrogen) atoms. The van der Waals surface area contributed by atoms with Gasteiger partial charge in [0.1, 0.15) is 12.1 Å². The van der Waals surface area contributed by atoms with Crippen LogP contribution in [0.15, 0.2) is 60.7 Å². The van der Waals surface area contributed by atoms with Crippen molar-refractivity contribution in [1.82, 2.24) is 5.32 Å². The first-order valence-electron chi connectivity index (χ1n) is 7.39. The van der Waals surface area contributed by atoms with E-state index in [4.69, 9.17) is 4.74 Å². The van der Waals surface area contributed by atoms with Crippen molar-refractivity contribution in [2.75, 3.05) is 6.61 Å². The fourth-order valence-electron chi connectivity index (χ4n) is 2.22. The lowest BCUT2D eigenvalue weighted by Crippen LogP contribution is -2.42. The Balaban J connectivity index is 2.10. The maximum Gasteiger partial charge on any atom is 0.326 e. The van der Waals surface area contributed by atoms with Crippen LogP contribution >= 0.6 is 0 Å². The Kier molecular flexibility index (Phi) is 6.13. The Morgan fingerprint density at radius 1 is 1.09 bits per heavy atom. The second kappa shape index (κ2) is 8.32. The third kappa shape index (κ3) is 4.41. The summed E-state index contributed by atoms with van der Waals surface area (Å²) in [6, 6.07) is 18.0. The van der Waals surface area contributed by atoms with Crippen LogP contribution in [-0.4, -0.2) is 23.7 Å². The Bertz CT molecular complexity index is 571. The van der Waals surface area contributed by atoms with Crippen LogP contribution in [0.1, 0.15) is 24.2 Å². The molecular weight excluding hydrogens is 278 g/mol. The van der Waals surface area contributed by atoms with Gasteiger partial charge in [0.2, 0.25) is 0 Å². The van der Waals surface area contributed by atoms with E-state index < -0.39 is 18.1 Å². The van der Waals surface area contributed by atoms with Crippen LogP contribution in [0, 0.1) is 0 Å². The molecule has 0 aliphatic heterocycles. The molecule has 0 heterocycles. The van der Waals surface area contributed by atoms with Crippen molar-refractivity contribution in [3.8, 4) is 0 Å². The minimum Gasteiger partial charge on any atom is -0.465 e. The Hall–Kier alpha value is -2.17. The lowest BCUT2D eigenvalue weighted by Gasteiger charge is -2.23. The molecule has 0 radical (unpaired) electrons. The third-order valence-electron chi connectivity index (χ3n) is 3.37. The second-order valence-corrected chi connectivity index (χ2v) is 4.95. The van der Waals surface area contributed by atoms with Crippen LogP contribution in [0.4, 0.5) is 0 Å². The highest BCUT2D eigenvalue weighted by molar-refractivity contribution is 5.76. The first-order valence-corrected chi connectivity index (χ1v) is 7.39. The number of rotatable bonds is 7. The van der Waals surface area contributed by atoms with E-state index >= 15 is 0 Å². The van der Waals surface area contributed by atoms with E-state index in [-0.39, 0.29) is 6.61 Å². The summed E-state index contributed by atoms with van der Waals surface area (Å²) < 4.78 is 5.07. The number of aliphatic hydroxyl groups excluding tert-OH is 1. The van der Waals surface area contributed by atoms with Crippen molar-refractivity contribution in [3.05, 3.63) is 71.8 Å². The fraction of sp³-hybridized carbons (Fsp3) is 0.278. The van der Waals surface area contributed by atoms with E-state index in [0.717, 1.165) is 5.56 Å². The average Bonchev–Trinajstić information content (AvgIpc) is 2.57. The second-order valence-electron chi connectivity index (χ2n) is 4.95. The highest BCUT2D eigenvalue weighted by Crippen LogP contribution is 2.18. The molecule has 0 saturated heterocycles. The molecule has 2 rings (SSSR count). The van der Waals surface area contributed by atoms with Crippen LogP contribution in [0.5, 0.6) is 0 Å². The normalized spacial score (nSPS) is 13.4. The van der Waals surface area contributed by atoms with E-state index in [9.17, 15) is 9.90 Å². The zero-order valence-corrected chi connectivity index (χ0v) is 12.6. The maximum atomic E-state index is 12.1. The summed E-state index contributed by atoms with van der Waals surface area (Å²) >= 11 is 0. The zero-order valence-electron chi connectivity index (χ0n) is 12.6. The van der Waals surface area contributed by atoms with E-state index in [1.807, 2.05) is 48.5 Å². The van der Waals surface area contributed by atoms with Crippen molar-refractivity contribution >= 4 is 5.97 Å². The number of carbonyl (C=O) groups is 1. The zero-order chi connectivity index (χ0) is 15.8. The van der Waals surface area contributed by atoms with Crippen LogP contribution in [0.2, 0.25) is 0 Å². The predicted molar refractivity (Wildman–Crippen MR) is 85.1 cm³/mol. The van der Waals surface area contributed by atoms with Crippen molar-refractivity contribution in [1.29, 1.82) is 0 Å². The van der Waals surface area contributed by atoms with Crippen LogP contribution in [0.3, 0.4) is 0 Å². The average molecular weight is 299 g/mol. The Morgan fingerprint density at radius 3 is 2.27 bits per heavy atom. The van der Waals surface area contributed by atoms with Crippen LogP contribution < -0.4 is 5.32 Å². The largest absolute Gasteiger partial charge is 0.465 e. The van der Waals surface area contributed by atoms with Gasteiger partial charge in [-0.25, -0.2) is 0 Å². The van der Waals surface area contributed by atoms with Gasteiger partial charge in [0.15, 0.2) is 0 Å². The summed E-state index contributed by atoms with van der Waals surface area (Å²) in [7, 11) is 0. The van der Waals surface area contributed by atoms with Gasteiger partial charge < -0.3 is 9.84 Å². The molecule has 0 aliphatic rings. The number of aliphatic hydroxyl groups is 1. The lowest BCUT2D eigenvalue weighted by atomic mass is 10.0. The van der Waals surface area contributed by atoms with Crippen molar-refractivity contribution < 1.29 is 14.6 Å². The summed E-state index contributed by atoms with van der Waals surface area (Å²) in [5.41, 5.74) is 1.72. The molecule has 0 amide bonds. The van der Waals surface area contributed by atoms with E-state index in [2.05, 4.69) is 5.32 Å². The van der Waals surface area contributed by atoms with Gasteiger partial charge in [0.25, 0.3) is 0 Å². The van der Waals surface area contributed by atoms with Gasteiger partial charge in [-0.1, -0.05) is 60.7 Å². The minimum absolute atomic E-state index is 0.282. The summed E-state index contributed by atoms with van der Waals surface area (Å²) in [6.45, 7) is 2.51. The molecule has 2 aromatic rings. The van der Waals surface area contributed by atoms with Crippen molar-refractivity contribution in [3.63, 3.8) is 0 Å². The molecule has 0 fully saturated rings. The molecule has 0 bridgehead atoms. The van der Waals surface area contributed by atoms with Gasteiger partial charge in [0, 0.05) is 6.54 Å². The molecule has 0 aromatic heterocycles. The molecule has 0 aliphatic carbocycles. The number of ether oxygens (including phenoxy) is 1. The quantitative estimate of drug-likeness (QED) is 0.771. The molecule has 2 atom stereocenters. The summed E-state index contributed by atoms with van der Waals surface area (Å²) in [5.74, 6) is -0.449. The predicted octanol–water partition coefficient (Wildman–Crippen LogP) is 2.44. The molecule has 4 heteroatoms. The van der Waals surface area contributed by atoms with Crippen molar-refractivity contribution in [2.45, 2.75) is 25.6 Å². The molecule has 0 spiro atoms. The molecule has 2 N–H and O–H groups in total. The Labute approximate surface area is 130 Å². The smallest absolute Gasteiger partial charge is 0.326 e. The number of carbonyl (C=O) groups excluding carboxylic acids is 1. The molecule has 0 unspecified atom stereocenters. The number of benzene rings is 2. The molecule has 0 saturated carbocycles. The molecule has 116 valence electrons. The van der Waals surface area contributed by atoms with Gasteiger partial charge in [-0.2, -0.15) is 0 Å². The monoisotopic (exact) mass is 299 g/mol. The van der Waals surface area contributed by atoms with Crippen molar-refractivity contribution in [2.24, 2.45) is 0 Å². The van der Waals surface area contributed by atoms with Gasteiger partial charge in [-0.3, -0.25) is 10.1 Å². The van der Waals surface area contributed by atoms with E-state index in [0.29, 0.717) is 12.1 Å². The molecule has 4 nitrogen and oxygen atoms in total. The minimum atomic E-state index is -0.955. The lowest BCUT2D eigenvalue weighted by molar-refractivity contribution is -0.149. The molecular formula is C18H21NO3. The first kappa shape index (κ1) is 16.2. The summed E-state index contributed by atoms with van der Waals surface area (Å²) in [6.07, 6.45) is -0.955. The fourth-order valence-corrected chi connectivity index (χ4v) is 2.22. The standard InChI is InChI=1S/C18H21NO3/c1-2-22-18(21)16(17(20)15-11-7-4-8-12-15)19-13-14-9-5-3-6-10-14/h3-12,16-17,19-20H,2,13H2,1H3/t16-,17+/m1/s1. The highest BCUT2D eigenvalue weighted by atomic mass is 16.5. The summed E-state index contributed by atoms with van der Waals surface area (Å²) in [4.78, 5) is 12.1. The van der Waals surface area contributed by atoms with Crippen LogP contribution in [0.25, 0.3) is 0 Å². The Morgan fingerprint density at radius 2 is 1.68 bits per heavy atom. The third-order valence-corrected chi connectivity index (χ3v) is 3.37. The van der Waals surface area contributed by atoms with E-state index in [1.165, 1.54) is 0 Å². The van der Waals surface area contributed by atoms with Gasteiger partial charge in [-0.15, -0.1) is 0 Å². The van der Waals surface area contributed by atoms with E-state index in [1.54, 1.807) is 19.1 Å². The number of hydrogen-bond donors (Lipinski definition) is 2. The van der Waals surface area contributed by atoms with Gasteiger partial charge in [0.05, 0.1) is 6.61 Å². The number of nitrogens with one attached hydrogen (secondary N) is 1. The SMILES string of the molecule is CCOC(=O)[C@H](NCc1ccccc1)[C@@H](O)c1ccccc1. The number of esters is 1. The first-order chi connectivity index (χ1) is 10.7. The van der Waals surface area contributed by atoms with Crippen LogP contribution in [-0.2, 0) is 16.1 Å².